The number of aryl methyl sites for hydroxylation is 2. The normalized spacial score (nSPS) is 16.4. The molecule has 4 rings (SSSR count). The summed E-state index contributed by atoms with van der Waals surface area (Å²) in [7, 11) is 0. The van der Waals surface area contributed by atoms with E-state index >= 15 is 0 Å². The van der Waals surface area contributed by atoms with E-state index in [0.717, 1.165) is 16.7 Å². The van der Waals surface area contributed by atoms with E-state index in [0.29, 0.717) is 35.2 Å². The van der Waals surface area contributed by atoms with Crippen molar-refractivity contribution in [2.75, 3.05) is 16.8 Å². The number of nitrogens with zero attached hydrogens (tertiary/aromatic N) is 2. The molecule has 0 saturated carbocycles. The van der Waals surface area contributed by atoms with Gasteiger partial charge >= 0.3 is 0 Å². The lowest BCUT2D eigenvalue weighted by atomic mass is 10.1. The smallest absolute Gasteiger partial charge is 0.269 e. The molecule has 1 aliphatic rings. The Labute approximate surface area is 215 Å². The van der Waals surface area contributed by atoms with Gasteiger partial charge in [0.1, 0.15) is 22.4 Å². The van der Waals surface area contributed by atoms with Crippen LogP contribution in [-0.2, 0) is 16.0 Å². The summed E-state index contributed by atoms with van der Waals surface area (Å²) in [6.07, 6.45) is 0.485. The van der Waals surface area contributed by atoms with Crippen LogP contribution in [0.3, 0.4) is 0 Å². The first kappa shape index (κ1) is 25.1. The average Bonchev–Trinajstić information content (AvgIpc) is 3.18. The zero-order valence-electron chi connectivity index (χ0n) is 20.4. The summed E-state index contributed by atoms with van der Waals surface area (Å²) in [6, 6.07) is 24.5. The van der Waals surface area contributed by atoms with Gasteiger partial charge in [0.05, 0.1) is 11.9 Å². The summed E-state index contributed by atoms with van der Waals surface area (Å²) in [5, 5.41) is 12.7. The molecule has 36 heavy (non-hydrogen) atoms. The van der Waals surface area contributed by atoms with Gasteiger partial charge in [-0.05, 0) is 68.7 Å². The lowest BCUT2D eigenvalue weighted by Gasteiger charge is -2.19. The topological polar surface area (TPSA) is 82.4 Å². The van der Waals surface area contributed by atoms with Crippen LogP contribution in [0.25, 0.3) is 0 Å². The fourth-order valence-corrected chi connectivity index (χ4v) is 5.22. The van der Waals surface area contributed by atoms with Crippen molar-refractivity contribution in [3.8, 4) is 11.8 Å². The van der Waals surface area contributed by atoms with E-state index in [4.69, 9.17) is 4.74 Å². The van der Waals surface area contributed by atoms with Crippen molar-refractivity contribution in [2.45, 2.75) is 32.4 Å². The molecule has 1 unspecified atom stereocenters. The van der Waals surface area contributed by atoms with Gasteiger partial charge in [-0.15, -0.1) is 0 Å². The Hall–Kier alpha value is -4.02. The molecule has 1 saturated heterocycles. The Morgan fingerprint density at radius 3 is 2.39 bits per heavy atom. The summed E-state index contributed by atoms with van der Waals surface area (Å²) >= 11 is 1.25. The highest BCUT2D eigenvalue weighted by atomic mass is 32.2. The number of benzene rings is 3. The first-order valence-corrected chi connectivity index (χ1v) is 12.6. The van der Waals surface area contributed by atoms with E-state index in [1.165, 1.54) is 16.7 Å². The molecule has 1 heterocycles. The number of hydrogen-bond donors (Lipinski definition) is 1. The molecule has 182 valence electrons. The molecule has 0 bridgehead atoms. The third kappa shape index (κ3) is 5.45. The molecular weight excluding hydrogens is 470 g/mol. The third-order valence-electron chi connectivity index (χ3n) is 5.85. The highest BCUT2D eigenvalue weighted by Gasteiger charge is 2.40. The van der Waals surface area contributed by atoms with E-state index in [1.54, 1.807) is 30.3 Å². The lowest BCUT2D eigenvalue weighted by molar-refractivity contribution is -0.117. The second kappa shape index (κ2) is 11.1. The standard InChI is InChI=1S/C29H27N3O3S/c1-4-35-23-15-13-22(14-16-23)32-28(34)26(17-21-11-9-19(2)10-12-21)36-29(32)24(18-30)27(33)31-25-8-6-5-7-20(25)3/h5-16,26H,4,17H2,1-3H3,(H,31,33)/b29-24-. The maximum atomic E-state index is 13.7. The van der Waals surface area contributed by atoms with Crippen LogP contribution in [-0.4, -0.2) is 23.7 Å². The SMILES string of the molecule is CCOc1ccc(N2C(=O)C(Cc3ccc(C)cc3)S/C2=C(/C#N)C(=O)Nc2ccccc2C)cc1. The second-order valence-corrected chi connectivity index (χ2v) is 9.65. The van der Waals surface area contributed by atoms with Gasteiger partial charge in [-0.1, -0.05) is 59.8 Å². The number of rotatable bonds is 7. The number of para-hydroxylation sites is 1. The van der Waals surface area contributed by atoms with Gasteiger partial charge in [0.25, 0.3) is 5.91 Å². The van der Waals surface area contributed by atoms with Crippen LogP contribution < -0.4 is 15.0 Å². The molecule has 6 nitrogen and oxygen atoms in total. The molecule has 1 fully saturated rings. The molecule has 0 aliphatic carbocycles. The minimum atomic E-state index is -0.547. The number of carbonyl (C=O) groups excluding carboxylic acids is 2. The number of amides is 2. The molecule has 3 aromatic rings. The summed E-state index contributed by atoms with van der Waals surface area (Å²) in [5.74, 6) is -0.0368. The number of nitriles is 1. The van der Waals surface area contributed by atoms with Crippen molar-refractivity contribution in [2.24, 2.45) is 0 Å². The predicted octanol–water partition coefficient (Wildman–Crippen LogP) is 5.77. The fourth-order valence-electron chi connectivity index (χ4n) is 3.92. The van der Waals surface area contributed by atoms with Crippen LogP contribution in [0.2, 0.25) is 0 Å². The van der Waals surface area contributed by atoms with E-state index in [2.05, 4.69) is 11.4 Å². The van der Waals surface area contributed by atoms with Crippen LogP contribution in [0.15, 0.2) is 83.4 Å². The molecule has 0 spiro atoms. The molecule has 0 aromatic heterocycles. The van der Waals surface area contributed by atoms with Crippen molar-refractivity contribution in [1.29, 1.82) is 5.26 Å². The van der Waals surface area contributed by atoms with Gasteiger partial charge in [-0.3, -0.25) is 14.5 Å². The van der Waals surface area contributed by atoms with Gasteiger partial charge in [0.15, 0.2) is 0 Å². The zero-order chi connectivity index (χ0) is 25.7. The maximum absolute atomic E-state index is 13.7. The monoisotopic (exact) mass is 497 g/mol. The number of hydrogen-bond acceptors (Lipinski definition) is 5. The minimum absolute atomic E-state index is 0.100. The van der Waals surface area contributed by atoms with E-state index in [-0.39, 0.29) is 11.5 Å². The highest BCUT2D eigenvalue weighted by Crippen LogP contribution is 2.42. The molecular formula is C29H27N3O3S. The van der Waals surface area contributed by atoms with Gasteiger partial charge < -0.3 is 10.1 Å². The Morgan fingerprint density at radius 1 is 1.06 bits per heavy atom. The van der Waals surface area contributed by atoms with Crippen molar-refractivity contribution in [3.05, 3.63) is 100 Å². The number of thioether (sulfide) groups is 1. The zero-order valence-corrected chi connectivity index (χ0v) is 21.3. The van der Waals surface area contributed by atoms with Gasteiger partial charge in [-0.25, -0.2) is 0 Å². The van der Waals surface area contributed by atoms with Gasteiger partial charge in [0.2, 0.25) is 5.91 Å². The van der Waals surface area contributed by atoms with Crippen LogP contribution in [0.1, 0.15) is 23.6 Å². The third-order valence-corrected chi connectivity index (χ3v) is 7.11. The number of anilines is 2. The molecule has 3 aromatic carbocycles. The molecule has 1 aliphatic heterocycles. The van der Waals surface area contributed by atoms with Crippen molar-refractivity contribution >= 4 is 35.0 Å². The first-order valence-electron chi connectivity index (χ1n) is 11.7. The first-order chi connectivity index (χ1) is 17.4. The predicted molar refractivity (Wildman–Crippen MR) is 144 cm³/mol. The van der Waals surface area contributed by atoms with Crippen molar-refractivity contribution in [3.63, 3.8) is 0 Å². The van der Waals surface area contributed by atoms with E-state index < -0.39 is 11.2 Å². The highest BCUT2D eigenvalue weighted by molar-refractivity contribution is 8.05. The van der Waals surface area contributed by atoms with Crippen LogP contribution in [0, 0.1) is 25.2 Å². The van der Waals surface area contributed by atoms with Crippen LogP contribution in [0.5, 0.6) is 5.75 Å². The fraction of sp³-hybridized carbons (Fsp3) is 0.207. The number of nitrogens with one attached hydrogen (secondary N) is 1. The summed E-state index contributed by atoms with van der Waals surface area (Å²) in [4.78, 5) is 28.4. The van der Waals surface area contributed by atoms with Gasteiger partial charge in [-0.2, -0.15) is 5.26 Å². The van der Waals surface area contributed by atoms with Crippen LogP contribution >= 0.6 is 11.8 Å². The largest absolute Gasteiger partial charge is 0.494 e. The van der Waals surface area contributed by atoms with E-state index in [1.807, 2.05) is 63.2 Å². The molecule has 0 radical (unpaired) electrons. The molecule has 2 amide bonds. The Balaban J connectivity index is 1.72. The second-order valence-electron chi connectivity index (χ2n) is 8.46. The minimum Gasteiger partial charge on any atom is -0.494 e. The van der Waals surface area contributed by atoms with Crippen molar-refractivity contribution in [1.82, 2.24) is 0 Å². The number of ether oxygens (including phenoxy) is 1. The van der Waals surface area contributed by atoms with Crippen LogP contribution in [0.4, 0.5) is 11.4 Å². The lowest BCUT2D eigenvalue weighted by Crippen LogP contribution is -2.31. The van der Waals surface area contributed by atoms with Crippen molar-refractivity contribution < 1.29 is 14.3 Å². The van der Waals surface area contributed by atoms with E-state index in [9.17, 15) is 14.9 Å². The summed E-state index contributed by atoms with van der Waals surface area (Å²) in [6.45, 7) is 6.32. The molecule has 1 N–H and O–H groups in total. The summed E-state index contributed by atoms with van der Waals surface area (Å²) in [5.41, 5.74) is 4.13. The molecule has 1 atom stereocenters. The summed E-state index contributed by atoms with van der Waals surface area (Å²) < 4.78 is 5.53. The quantitative estimate of drug-likeness (QED) is 0.331. The maximum Gasteiger partial charge on any atom is 0.269 e. The van der Waals surface area contributed by atoms with Gasteiger partial charge in [0, 0.05) is 11.4 Å². The Bertz CT molecular complexity index is 1340. The Kier molecular flexibility index (Phi) is 7.77. The average molecular weight is 498 g/mol. The number of carbonyl (C=O) groups is 2. The Morgan fingerprint density at radius 2 is 1.75 bits per heavy atom. The molecule has 7 heteroatoms.